The maximum Gasteiger partial charge on any atom is 0.260 e. The molecule has 0 aliphatic rings. The first-order chi connectivity index (χ1) is 17.5. The molecular formula is C27H22FN5O2S. The fourth-order valence-electron chi connectivity index (χ4n) is 4.00. The number of anilines is 1. The van der Waals surface area contributed by atoms with Gasteiger partial charge in [0.25, 0.3) is 5.91 Å². The van der Waals surface area contributed by atoms with E-state index in [-0.39, 0.29) is 17.9 Å². The van der Waals surface area contributed by atoms with E-state index in [1.54, 1.807) is 11.4 Å². The lowest BCUT2D eigenvalue weighted by Gasteiger charge is -2.19. The summed E-state index contributed by atoms with van der Waals surface area (Å²) in [5.74, 6) is -0.732. The van der Waals surface area contributed by atoms with E-state index in [0.29, 0.717) is 16.6 Å². The SMILES string of the molecule is Cn1c(C(NC(=O)Cc2csc(NC(=O)c3ccccc3F)n2)c2ccccc2)nc2ccccc21. The number of aromatic nitrogens is 3. The molecule has 5 aromatic rings. The number of hydrogen-bond acceptors (Lipinski definition) is 5. The summed E-state index contributed by atoms with van der Waals surface area (Å²) in [6.45, 7) is 0. The molecule has 3 aromatic carbocycles. The summed E-state index contributed by atoms with van der Waals surface area (Å²) in [6, 6.07) is 22.7. The highest BCUT2D eigenvalue weighted by Crippen LogP contribution is 2.25. The number of thiazole rings is 1. The number of hydrogen-bond donors (Lipinski definition) is 2. The Morgan fingerprint density at radius 3 is 2.47 bits per heavy atom. The number of halogens is 1. The van der Waals surface area contributed by atoms with E-state index in [0.717, 1.165) is 16.6 Å². The molecule has 2 aromatic heterocycles. The maximum atomic E-state index is 13.9. The van der Waals surface area contributed by atoms with E-state index in [1.807, 2.05) is 66.2 Å². The van der Waals surface area contributed by atoms with Crippen LogP contribution in [0.2, 0.25) is 0 Å². The molecule has 9 heteroatoms. The van der Waals surface area contributed by atoms with E-state index in [4.69, 9.17) is 4.98 Å². The molecule has 0 spiro atoms. The molecule has 0 aliphatic carbocycles. The quantitative estimate of drug-likeness (QED) is 0.334. The topological polar surface area (TPSA) is 88.9 Å². The zero-order valence-electron chi connectivity index (χ0n) is 19.3. The van der Waals surface area contributed by atoms with Gasteiger partial charge in [-0.05, 0) is 29.8 Å². The summed E-state index contributed by atoms with van der Waals surface area (Å²) >= 11 is 1.18. The number of carbonyl (C=O) groups is 2. The first kappa shape index (κ1) is 23.4. The molecule has 36 heavy (non-hydrogen) atoms. The van der Waals surface area contributed by atoms with Crippen LogP contribution in [0.25, 0.3) is 11.0 Å². The Hall–Kier alpha value is -4.37. The number of imidazole rings is 1. The standard InChI is InChI=1S/C27H22FN5O2S/c1-33-22-14-8-7-13-21(22)30-25(33)24(17-9-3-2-4-10-17)31-23(34)15-18-16-36-27(29-18)32-26(35)19-11-5-6-12-20(19)28/h2-14,16,24H,15H2,1H3,(H,31,34)(H,29,32,35). The number of amides is 2. The highest BCUT2D eigenvalue weighted by molar-refractivity contribution is 7.14. The number of nitrogens with one attached hydrogen (secondary N) is 2. The zero-order chi connectivity index (χ0) is 25.1. The minimum absolute atomic E-state index is 0.0132. The molecule has 0 aliphatic heterocycles. The van der Waals surface area contributed by atoms with Gasteiger partial charge in [0.2, 0.25) is 5.91 Å². The van der Waals surface area contributed by atoms with Gasteiger partial charge in [0.05, 0.1) is 28.7 Å². The van der Waals surface area contributed by atoms with Crippen LogP contribution >= 0.6 is 11.3 Å². The van der Waals surface area contributed by atoms with Gasteiger partial charge in [0.1, 0.15) is 17.7 Å². The van der Waals surface area contributed by atoms with Crippen LogP contribution in [-0.4, -0.2) is 26.3 Å². The Bertz CT molecular complexity index is 1550. The highest BCUT2D eigenvalue weighted by Gasteiger charge is 2.23. The molecule has 180 valence electrons. The predicted octanol–water partition coefficient (Wildman–Crippen LogP) is 4.87. The number of aryl methyl sites for hydroxylation is 1. The second kappa shape index (κ2) is 10.1. The third-order valence-corrected chi connectivity index (χ3v) is 6.56. The van der Waals surface area contributed by atoms with Gasteiger partial charge in [0.15, 0.2) is 5.13 Å². The molecule has 2 N–H and O–H groups in total. The van der Waals surface area contributed by atoms with E-state index < -0.39 is 17.8 Å². The van der Waals surface area contributed by atoms with Gasteiger partial charge in [-0.2, -0.15) is 0 Å². The minimum atomic E-state index is -0.611. The van der Waals surface area contributed by atoms with Gasteiger partial charge >= 0.3 is 0 Å². The lowest BCUT2D eigenvalue weighted by atomic mass is 10.1. The Balaban J connectivity index is 1.33. The smallest absolute Gasteiger partial charge is 0.260 e. The van der Waals surface area contributed by atoms with Crippen molar-refractivity contribution >= 4 is 39.3 Å². The van der Waals surface area contributed by atoms with Crippen LogP contribution in [0.1, 0.15) is 33.5 Å². The van der Waals surface area contributed by atoms with Crippen LogP contribution in [0, 0.1) is 5.82 Å². The fraction of sp³-hybridized carbons (Fsp3) is 0.111. The minimum Gasteiger partial charge on any atom is -0.342 e. The second-order valence-corrected chi connectivity index (χ2v) is 9.04. The first-order valence-corrected chi connectivity index (χ1v) is 12.1. The van der Waals surface area contributed by atoms with Crippen molar-refractivity contribution in [2.75, 3.05) is 5.32 Å². The molecule has 0 bridgehead atoms. The average molecular weight is 500 g/mol. The molecular weight excluding hydrogens is 477 g/mol. The third kappa shape index (κ3) is 4.87. The summed E-state index contributed by atoms with van der Waals surface area (Å²) in [5.41, 5.74) is 3.15. The molecule has 0 saturated heterocycles. The molecule has 2 heterocycles. The van der Waals surface area contributed by atoms with Crippen LogP contribution in [0.15, 0.2) is 84.2 Å². The van der Waals surface area contributed by atoms with E-state index in [9.17, 15) is 14.0 Å². The lowest BCUT2D eigenvalue weighted by molar-refractivity contribution is -0.121. The van der Waals surface area contributed by atoms with Crippen LogP contribution in [0.3, 0.4) is 0 Å². The van der Waals surface area contributed by atoms with Crippen molar-refractivity contribution in [3.05, 3.63) is 113 Å². The summed E-state index contributed by atoms with van der Waals surface area (Å²) in [4.78, 5) is 34.5. The summed E-state index contributed by atoms with van der Waals surface area (Å²) < 4.78 is 15.9. The number of benzene rings is 3. The summed E-state index contributed by atoms with van der Waals surface area (Å²) in [5, 5.41) is 7.67. The summed E-state index contributed by atoms with van der Waals surface area (Å²) in [7, 11) is 1.93. The van der Waals surface area contributed by atoms with Crippen LogP contribution in [0.4, 0.5) is 9.52 Å². The number of nitrogens with zero attached hydrogens (tertiary/aromatic N) is 3. The maximum absolute atomic E-state index is 13.9. The van der Waals surface area contributed by atoms with E-state index in [1.165, 1.54) is 29.5 Å². The molecule has 2 amide bonds. The normalized spacial score (nSPS) is 11.8. The van der Waals surface area contributed by atoms with Crippen molar-refractivity contribution in [2.45, 2.75) is 12.5 Å². The molecule has 5 rings (SSSR count). The molecule has 1 atom stereocenters. The van der Waals surface area contributed by atoms with Crippen molar-refractivity contribution in [1.29, 1.82) is 0 Å². The lowest BCUT2D eigenvalue weighted by Crippen LogP contribution is -2.32. The second-order valence-electron chi connectivity index (χ2n) is 8.18. The van der Waals surface area contributed by atoms with E-state index >= 15 is 0 Å². The van der Waals surface area contributed by atoms with Crippen LogP contribution in [0.5, 0.6) is 0 Å². The number of fused-ring (bicyclic) bond motifs is 1. The monoisotopic (exact) mass is 499 g/mol. The molecule has 7 nitrogen and oxygen atoms in total. The van der Waals surface area contributed by atoms with Crippen molar-refractivity contribution < 1.29 is 14.0 Å². The van der Waals surface area contributed by atoms with Gasteiger partial charge < -0.3 is 9.88 Å². The van der Waals surface area contributed by atoms with Crippen molar-refractivity contribution in [3.63, 3.8) is 0 Å². The molecule has 0 radical (unpaired) electrons. The average Bonchev–Trinajstić information content (AvgIpc) is 3.47. The molecule has 0 fully saturated rings. The third-order valence-electron chi connectivity index (χ3n) is 5.75. The predicted molar refractivity (Wildman–Crippen MR) is 137 cm³/mol. The van der Waals surface area contributed by atoms with Crippen LogP contribution in [-0.2, 0) is 18.3 Å². The Kier molecular flexibility index (Phi) is 6.55. The van der Waals surface area contributed by atoms with Gasteiger partial charge in [-0.25, -0.2) is 14.4 Å². The Morgan fingerprint density at radius 1 is 0.972 bits per heavy atom. The van der Waals surface area contributed by atoms with Crippen molar-refractivity contribution in [3.8, 4) is 0 Å². The van der Waals surface area contributed by atoms with E-state index in [2.05, 4.69) is 15.6 Å². The summed E-state index contributed by atoms with van der Waals surface area (Å²) in [6.07, 6.45) is 0.0132. The van der Waals surface area contributed by atoms with Crippen LogP contribution < -0.4 is 10.6 Å². The largest absolute Gasteiger partial charge is 0.342 e. The number of rotatable bonds is 7. The molecule has 1 unspecified atom stereocenters. The highest BCUT2D eigenvalue weighted by atomic mass is 32.1. The molecule has 0 saturated carbocycles. The van der Waals surface area contributed by atoms with Crippen molar-refractivity contribution in [2.24, 2.45) is 7.05 Å². The number of para-hydroxylation sites is 2. The van der Waals surface area contributed by atoms with Gasteiger partial charge in [-0.1, -0.05) is 54.6 Å². The van der Waals surface area contributed by atoms with Gasteiger partial charge in [-0.3, -0.25) is 14.9 Å². The fourth-order valence-corrected chi connectivity index (χ4v) is 4.70. The van der Waals surface area contributed by atoms with Gasteiger partial charge in [0, 0.05) is 12.4 Å². The zero-order valence-corrected chi connectivity index (χ0v) is 20.1. The number of carbonyl (C=O) groups excluding carboxylic acids is 2. The van der Waals surface area contributed by atoms with Gasteiger partial charge in [-0.15, -0.1) is 11.3 Å². The Labute approximate surface area is 210 Å². The first-order valence-electron chi connectivity index (χ1n) is 11.3. The van der Waals surface area contributed by atoms with Crippen molar-refractivity contribution in [1.82, 2.24) is 19.9 Å². The Morgan fingerprint density at radius 2 is 1.69 bits per heavy atom.